The van der Waals surface area contributed by atoms with Gasteiger partial charge in [0.25, 0.3) is 5.69 Å². The topological polar surface area (TPSA) is 84.7 Å². The molecule has 0 N–H and O–H groups in total. The molecule has 0 bridgehead atoms. The van der Waals surface area contributed by atoms with Crippen LogP contribution in [-0.2, 0) is 0 Å². The van der Waals surface area contributed by atoms with Crippen LogP contribution in [0.15, 0.2) is 24.5 Å². The number of hydrogen-bond donors (Lipinski definition) is 0. The largest absolute Gasteiger partial charge is 0.293 e. The standard InChI is InChI=1S/C10H4I2N4O2/c11-9-10(12)15(5-14-9)8-3-6(4-13)1-2-7(8)16(17)18/h1-3,5H. The van der Waals surface area contributed by atoms with Crippen molar-refractivity contribution in [3.63, 3.8) is 0 Å². The Bertz CT molecular complexity index is 675. The fraction of sp³-hybridized carbons (Fsp3) is 0. The third-order valence-electron chi connectivity index (χ3n) is 2.23. The van der Waals surface area contributed by atoms with E-state index < -0.39 is 4.92 Å². The van der Waals surface area contributed by atoms with Gasteiger partial charge < -0.3 is 0 Å². The lowest BCUT2D eigenvalue weighted by Gasteiger charge is -2.05. The highest BCUT2D eigenvalue weighted by Gasteiger charge is 2.18. The second-order valence-corrected chi connectivity index (χ2v) is 5.31. The molecule has 0 spiro atoms. The van der Waals surface area contributed by atoms with Crippen LogP contribution < -0.4 is 0 Å². The number of benzene rings is 1. The summed E-state index contributed by atoms with van der Waals surface area (Å²) in [6, 6.07) is 6.21. The summed E-state index contributed by atoms with van der Waals surface area (Å²) in [6.45, 7) is 0. The lowest BCUT2D eigenvalue weighted by molar-refractivity contribution is -0.384. The molecule has 0 saturated carbocycles. The summed E-state index contributed by atoms with van der Waals surface area (Å²) in [6.07, 6.45) is 1.51. The maximum absolute atomic E-state index is 11.0. The van der Waals surface area contributed by atoms with Crippen LogP contribution in [0.25, 0.3) is 5.69 Å². The fourth-order valence-corrected chi connectivity index (χ4v) is 2.33. The van der Waals surface area contributed by atoms with E-state index in [0.29, 0.717) is 11.3 Å². The molecule has 0 atom stereocenters. The lowest BCUT2D eigenvalue weighted by atomic mass is 10.2. The summed E-state index contributed by atoms with van der Waals surface area (Å²) in [5.41, 5.74) is 0.662. The molecular weight excluding hydrogens is 462 g/mol. The number of rotatable bonds is 2. The Labute approximate surface area is 129 Å². The smallest absolute Gasteiger partial charge is 0.287 e. The van der Waals surface area contributed by atoms with Gasteiger partial charge in [-0.25, -0.2) is 4.98 Å². The fourth-order valence-electron chi connectivity index (χ4n) is 1.42. The van der Waals surface area contributed by atoms with Crippen LogP contribution in [0.1, 0.15) is 5.56 Å². The third kappa shape index (κ3) is 2.32. The Balaban J connectivity index is 2.72. The van der Waals surface area contributed by atoms with Gasteiger partial charge in [0.2, 0.25) is 0 Å². The van der Waals surface area contributed by atoms with Gasteiger partial charge in [0.05, 0.1) is 16.6 Å². The van der Waals surface area contributed by atoms with Gasteiger partial charge in [0.15, 0.2) is 0 Å². The molecule has 0 radical (unpaired) electrons. The van der Waals surface area contributed by atoms with Crippen molar-refractivity contribution in [3.05, 3.63) is 47.6 Å². The molecule has 90 valence electrons. The molecule has 0 aliphatic rings. The maximum Gasteiger partial charge on any atom is 0.293 e. The van der Waals surface area contributed by atoms with Crippen molar-refractivity contribution in [1.29, 1.82) is 5.26 Å². The number of nitrogens with zero attached hydrogens (tertiary/aromatic N) is 4. The number of nitriles is 1. The zero-order valence-corrected chi connectivity index (χ0v) is 13.0. The molecule has 0 fully saturated rings. The molecule has 0 aliphatic heterocycles. The van der Waals surface area contributed by atoms with E-state index in [1.165, 1.54) is 24.5 Å². The van der Waals surface area contributed by atoms with Crippen LogP contribution in [-0.4, -0.2) is 14.5 Å². The molecule has 0 saturated heterocycles. The van der Waals surface area contributed by atoms with Gasteiger partial charge in [0.1, 0.15) is 19.4 Å². The molecule has 0 aliphatic carbocycles. The predicted octanol–water partition coefficient (Wildman–Crippen LogP) is 2.86. The number of nitro groups is 1. The zero-order chi connectivity index (χ0) is 13.3. The van der Waals surface area contributed by atoms with Crippen molar-refractivity contribution >= 4 is 50.9 Å². The Morgan fingerprint density at radius 3 is 2.67 bits per heavy atom. The van der Waals surface area contributed by atoms with Crippen molar-refractivity contribution in [2.45, 2.75) is 0 Å². The van der Waals surface area contributed by atoms with E-state index in [4.69, 9.17) is 5.26 Å². The van der Waals surface area contributed by atoms with Crippen LogP contribution in [0.2, 0.25) is 0 Å². The molecule has 1 aromatic heterocycles. The van der Waals surface area contributed by atoms with Gasteiger partial charge in [-0.1, -0.05) is 0 Å². The average molecular weight is 466 g/mol. The Hall–Kier alpha value is -1.22. The first kappa shape index (κ1) is 13.2. The van der Waals surface area contributed by atoms with Gasteiger partial charge in [-0.3, -0.25) is 14.7 Å². The quantitative estimate of drug-likeness (QED) is 0.388. The summed E-state index contributed by atoms with van der Waals surface area (Å²) in [4.78, 5) is 14.6. The van der Waals surface area contributed by atoms with Crippen molar-refractivity contribution in [1.82, 2.24) is 9.55 Å². The Morgan fingerprint density at radius 2 is 2.17 bits per heavy atom. The summed E-state index contributed by atoms with van der Waals surface area (Å²) < 4.78 is 3.12. The van der Waals surface area contributed by atoms with E-state index in [1.54, 1.807) is 4.57 Å². The van der Waals surface area contributed by atoms with Crippen LogP contribution in [0.3, 0.4) is 0 Å². The summed E-state index contributed by atoms with van der Waals surface area (Å²) in [5, 5.41) is 19.9. The molecule has 1 heterocycles. The van der Waals surface area contributed by atoms with E-state index in [9.17, 15) is 10.1 Å². The van der Waals surface area contributed by atoms with Crippen LogP contribution >= 0.6 is 45.2 Å². The van der Waals surface area contributed by atoms with Crippen LogP contribution in [0.5, 0.6) is 0 Å². The SMILES string of the molecule is N#Cc1ccc([N+](=O)[O-])c(-n2cnc(I)c2I)c1. The second kappa shape index (κ2) is 5.19. The number of nitro benzene ring substituents is 1. The van der Waals surface area contributed by atoms with E-state index in [-0.39, 0.29) is 5.69 Å². The van der Waals surface area contributed by atoms with Crippen molar-refractivity contribution in [2.75, 3.05) is 0 Å². The van der Waals surface area contributed by atoms with Gasteiger partial charge in [-0.15, -0.1) is 0 Å². The second-order valence-electron chi connectivity index (χ2n) is 3.27. The van der Waals surface area contributed by atoms with E-state index in [1.807, 2.05) is 28.7 Å². The number of hydrogen-bond acceptors (Lipinski definition) is 4. The number of halogens is 2. The van der Waals surface area contributed by atoms with Gasteiger partial charge >= 0.3 is 0 Å². The highest BCUT2D eigenvalue weighted by atomic mass is 127. The van der Waals surface area contributed by atoms with Crippen LogP contribution in [0.4, 0.5) is 5.69 Å². The number of aromatic nitrogens is 2. The van der Waals surface area contributed by atoms with Gasteiger partial charge in [-0.2, -0.15) is 5.26 Å². The highest BCUT2D eigenvalue weighted by Crippen LogP contribution is 2.27. The molecule has 18 heavy (non-hydrogen) atoms. The molecular formula is C10H4I2N4O2. The molecule has 6 nitrogen and oxygen atoms in total. The minimum atomic E-state index is -0.473. The molecule has 0 unspecified atom stereocenters. The summed E-state index contributed by atoms with van der Waals surface area (Å²) in [7, 11) is 0. The summed E-state index contributed by atoms with van der Waals surface area (Å²) in [5.74, 6) is 0. The Morgan fingerprint density at radius 1 is 1.44 bits per heavy atom. The monoisotopic (exact) mass is 466 g/mol. The highest BCUT2D eigenvalue weighted by molar-refractivity contribution is 14.1. The zero-order valence-electron chi connectivity index (χ0n) is 8.67. The average Bonchev–Trinajstić information content (AvgIpc) is 2.69. The lowest BCUT2D eigenvalue weighted by Crippen LogP contribution is -2.01. The molecule has 1 aromatic carbocycles. The van der Waals surface area contributed by atoms with Crippen molar-refractivity contribution in [3.8, 4) is 11.8 Å². The molecule has 0 amide bonds. The minimum Gasteiger partial charge on any atom is -0.287 e. The van der Waals surface area contributed by atoms with Gasteiger partial charge in [-0.05, 0) is 57.3 Å². The molecule has 8 heteroatoms. The first-order chi connectivity index (χ1) is 8.54. The molecule has 2 aromatic rings. The van der Waals surface area contributed by atoms with E-state index in [2.05, 4.69) is 27.6 Å². The predicted molar refractivity (Wildman–Crippen MR) is 80.4 cm³/mol. The first-order valence-electron chi connectivity index (χ1n) is 4.62. The van der Waals surface area contributed by atoms with E-state index in [0.717, 1.165) is 7.40 Å². The van der Waals surface area contributed by atoms with Crippen LogP contribution in [0, 0.1) is 28.8 Å². The summed E-state index contributed by atoms with van der Waals surface area (Å²) >= 11 is 4.10. The minimum absolute atomic E-state index is 0.0549. The van der Waals surface area contributed by atoms with Crippen molar-refractivity contribution < 1.29 is 4.92 Å². The number of imidazole rings is 1. The maximum atomic E-state index is 11.0. The normalized spacial score (nSPS) is 10.1. The van der Waals surface area contributed by atoms with E-state index >= 15 is 0 Å². The Kier molecular flexibility index (Phi) is 3.81. The van der Waals surface area contributed by atoms with Crippen molar-refractivity contribution in [2.24, 2.45) is 0 Å². The molecule has 2 rings (SSSR count). The van der Waals surface area contributed by atoms with Gasteiger partial charge in [0, 0.05) is 6.07 Å². The first-order valence-corrected chi connectivity index (χ1v) is 6.77. The third-order valence-corrected chi connectivity index (χ3v) is 5.08.